The van der Waals surface area contributed by atoms with Gasteiger partial charge in [-0.15, -0.1) is 11.8 Å². The molecule has 1 saturated carbocycles. The van der Waals surface area contributed by atoms with E-state index in [2.05, 4.69) is 6.92 Å². The number of alkyl halides is 3. The van der Waals surface area contributed by atoms with Gasteiger partial charge in [0.05, 0.1) is 5.54 Å². The van der Waals surface area contributed by atoms with E-state index in [0.717, 1.165) is 6.42 Å². The van der Waals surface area contributed by atoms with Crippen molar-refractivity contribution in [3.63, 3.8) is 0 Å². The Morgan fingerprint density at radius 2 is 2.25 bits per heavy atom. The highest BCUT2D eigenvalue weighted by Gasteiger charge is 2.81. The zero-order valence-corrected chi connectivity index (χ0v) is 11.6. The van der Waals surface area contributed by atoms with Crippen molar-refractivity contribution in [3.05, 3.63) is 0 Å². The molecule has 0 aromatic carbocycles. The fourth-order valence-corrected chi connectivity index (χ4v) is 5.59. The summed E-state index contributed by atoms with van der Waals surface area (Å²) in [6, 6.07) is -0.373. The molecule has 2 heterocycles. The summed E-state index contributed by atoms with van der Waals surface area (Å²) in [5, 5.41) is 0.0820. The van der Waals surface area contributed by atoms with Crippen molar-refractivity contribution in [2.45, 2.75) is 45.3 Å². The number of thioether (sulfide) groups is 1. The van der Waals surface area contributed by atoms with Crippen molar-refractivity contribution in [1.29, 1.82) is 0 Å². The number of β-lactam (4-membered cyclic amide) rings is 1. The zero-order chi connectivity index (χ0) is 11.9. The lowest BCUT2D eigenvalue weighted by Crippen LogP contribution is -2.69. The predicted molar refractivity (Wildman–Crippen MR) is 66.9 cm³/mol. The number of halogens is 3. The molecule has 3 fully saturated rings. The average molecular weight is 302 g/mol. The van der Waals surface area contributed by atoms with E-state index in [0.29, 0.717) is 6.42 Å². The lowest BCUT2D eigenvalue weighted by atomic mass is 9.99. The maximum Gasteiger partial charge on any atom is 0.244 e. The minimum Gasteiger partial charge on any atom is -0.320 e. The summed E-state index contributed by atoms with van der Waals surface area (Å²) in [7, 11) is 0. The first-order chi connectivity index (χ1) is 7.20. The second kappa shape index (κ2) is 2.97. The van der Waals surface area contributed by atoms with Crippen molar-refractivity contribution >= 4 is 52.5 Å². The van der Waals surface area contributed by atoms with Gasteiger partial charge in [-0.25, -0.2) is 0 Å². The smallest absolute Gasteiger partial charge is 0.244 e. The molecule has 3 aliphatic rings. The van der Waals surface area contributed by atoms with Gasteiger partial charge in [-0.05, 0) is 13.3 Å². The lowest BCUT2D eigenvalue weighted by Gasteiger charge is -2.46. The third-order valence-corrected chi connectivity index (χ3v) is 6.10. The summed E-state index contributed by atoms with van der Waals surface area (Å²) in [5.41, 5.74) is 5.48. The van der Waals surface area contributed by atoms with E-state index in [-0.39, 0.29) is 27.6 Å². The highest BCUT2D eigenvalue weighted by Crippen LogP contribution is 2.74. The Morgan fingerprint density at radius 3 is 2.81 bits per heavy atom. The van der Waals surface area contributed by atoms with Gasteiger partial charge in [-0.2, -0.15) is 0 Å². The Kier molecular flexibility index (Phi) is 2.17. The van der Waals surface area contributed by atoms with Gasteiger partial charge in [0.1, 0.15) is 11.4 Å². The molecule has 0 aromatic heterocycles. The average Bonchev–Trinajstić information content (AvgIpc) is 2.59. The molecular weight excluding hydrogens is 291 g/mol. The summed E-state index contributed by atoms with van der Waals surface area (Å²) < 4.78 is -1.29. The van der Waals surface area contributed by atoms with Crippen LogP contribution in [0.25, 0.3) is 0 Å². The number of nitrogens with zero attached hydrogens (tertiary/aromatic N) is 1. The second-order valence-corrected chi connectivity index (χ2v) is 9.11. The molecule has 0 bridgehead atoms. The van der Waals surface area contributed by atoms with E-state index < -0.39 is 3.79 Å². The van der Waals surface area contributed by atoms with E-state index in [9.17, 15) is 4.79 Å². The van der Waals surface area contributed by atoms with E-state index in [1.165, 1.54) is 0 Å². The molecule has 2 saturated heterocycles. The number of amides is 1. The van der Waals surface area contributed by atoms with Crippen LogP contribution in [0.4, 0.5) is 0 Å². The Labute approximate surface area is 113 Å². The third kappa shape index (κ3) is 1.25. The van der Waals surface area contributed by atoms with Crippen LogP contribution < -0.4 is 5.73 Å². The quantitative estimate of drug-likeness (QED) is 0.594. The maximum absolute atomic E-state index is 11.8. The molecule has 0 spiro atoms. The summed E-state index contributed by atoms with van der Waals surface area (Å²) in [4.78, 5) is 13.6. The molecule has 3 unspecified atom stereocenters. The Hall–Kier alpha value is 0.650. The first-order valence-electron chi connectivity index (χ1n) is 5.04. The molecule has 16 heavy (non-hydrogen) atoms. The molecule has 90 valence electrons. The molecule has 2 N–H and O–H groups in total. The first kappa shape index (κ1) is 11.7. The molecule has 4 atom stereocenters. The van der Waals surface area contributed by atoms with Crippen LogP contribution in [0.1, 0.15) is 19.8 Å². The van der Waals surface area contributed by atoms with Gasteiger partial charge in [0.2, 0.25) is 5.91 Å². The van der Waals surface area contributed by atoms with Crippen LogP contribution in [0.3, 0.4) is 0 Å². The van der Waals surface area contributed by atoms with Crippen LogP contribution >= 0.6 is 46.6 Å². The molecule has 7 heteroatoms. The summed E-state index contributed by atoms with van der Waals surface area (Å²) in [6.45, 7) is 2.12. The number of carbonyl (C=O) groups is 1. The first-order valence-corrected chi connectivity index (χ1v) is 7.05. The van der Waals surface area contributed by atoms with Crippen LogP contribution in [-0.2, 0) is 4.79 Å². The summed E-state index contributed by atoms with van der Waals surface area (Å²) in [6.07, 6.45) is 1.29. The van der Waals surface area contributed by atoms with Crippen LogP contribution in [0.5, 0.6) is 0 Å². The van der Waals surface area contributed by atoms with Gasteiger partial charge in [-0.3, -0.25) is 4.79 Å². The van der Waals surface area contributed by atoms with Crippen molar-refractivity contribution in [3.8, 4) is 0 Å². The minimum atomic E-state index is -1.31. The van der Waals surface area contributed by atoms with Crippen LogP contribution in [0.15, 0.2) is 0 Å². The number of hydrogen-bond acceptors (Lipinski definition) is 3. The minimum absolute atomic E-state index is 0.00650. The van der Waals surface area contributed by atoms with Gasteiger partial charge in [0.25, 0.3) is 0 Å². The van der Waals surface area contributed by atoms with Crippen molar-refractivity contribution in [2.24, 2.45) is 5.73 Å². The predicted octanol–water partition coefficient (Wildman–Crippen LogP) is 1.89. The Balaban J connectivity index is 1.90. The van der Waals surface area contributed by atoms with E-state index in [4.69, 9.17) is 40.5 Å². The number of hydrogen-bond donors (Lipinski definition) is 1. The number of fused-ring (bicyclic) bond motifs is 3. The molecule has 1 aliphatic carbocycles. The van der Waals surface area contributed by atoms with Crippen molar-refractivity contribution in [1.82, 2.24) is 4.90 Å². The van der Waals surface area contributed by atoms with Gasteiger partial charge >= 0.3 is 0 Å². The summed E-state index contributed by atoms with van der Waals surface area (Å²) in [5.74, 6) is -0.00650. The van der Waals surface area contributed by atoms with Crippen LogP contribution in [0.2, 0.25) is 0 Å². The van der Waals surface area contributed by atoms with Gasteiger partial charge in [0, 0.05) is 11.2 Å². The Bertz CT molecular complexity index is 387. The monoisotopic (exact) mass is 300 g/mol. The third-order valence-electron chi connectivity index (χ3n) is 3.91. The number of nitrogens with two attached hydrogens (primary N) is 1. The molecule has 0 radical (unpaired) electrons. The SMILES string of the molecule is CC12CC1(CC(Cl)(Cl)Cl)N1C(=O)C(N)[C@H]1S2. The highest BCUT2D eigenvalue weighted by atomic mass is 35.6. The molecule has 1 amide bonds. The van der Waals surface area contributed by atoms with E-state index in [1.54, 1.807) is 11.8 Å². The maximum atomic E-state index is 11.8. The van der Waals surface area contributed by atoms with Crippen LogP contribution in [0, 0.1) is 0 Å². The fraction of sp³-hybridized carbons (Fsp3) is 0.889. The standard InChI is InChI=1S/C9H11Cl3N2OS/c1-7-2-8(7,3-9(10,11)12)14-5(15)4(13)6(14)16-7/h4,6H,2-3,13H2,1H3/t4?,6-,7?,8?/m1/s1. The van der Waals surface area contributed by atoms with Crippen molar-refractivity contribution < 1.29 is 4.79 Å². The largest absolute Gasteiger partial charge is 0.320 e. The topological polar surface area (TPSA) is 46.3 Å². The van der Waals surface area contributed by atoms with E-state index in [1.807, 2.05) is 4.90 Å². The van der Waals surface area contributed by atoms with Gasteiger partial charge in [0.15, 0.2) is 3.79 Å². The molecular formula is C9H11Cl3N2OS. The second-order valence-electron chi connectivity index (χ2n) is 4.97. The normalized spacial score (nSPS) is 49.8. The highest BCUT2D eigenvalue weighted by molar-refractivity contribution is 8.02. The molecule has 3 nitrogen and oxygen atoms in total. The zero-order valence-electron chi connectivity index (χ0n) is 8.54. The fourth-order valence-electron chi connectivity index (χ4n) is 3.00. The molecule has 2 aliphatic heterocycles. The number of rotatable bonds is 1. The van der Waals surface area contributed by atoms with Gasteiger partial charge < -0.3 is 10.6 Å². The number of carbonyl (C=O) groups excluding carboxylic acids is 1. The molecule has 3 rings (SSSR count). The summed E-state index contributed by atoms with van der Waals surface area (Å²) >= 11 is 19.3. The Morgan fingerprint density at radius 1 is 1.62 bits per heavy atom. The molecule has 0 aromatic rings. The van der Waals surface area contributed by atoms with Crippen molar-refractivity contribution in [2.75, 3.05) is 0 Å². The van der Waals surface area contributed by atoms with Crippen LogP contribution in [-0.4, -0.2) is 36.3 Å². The van der Waals surface area contributed by atoms with Gasteiger partial charge in [-0.1, -0.05) is 34.8 Å². The lowest BCUT2D eigenvalue weighted by molar-refractivity contribution is -0.148. The van der Waals surface area contributed by atoms with E-state index >= 15 is 0 Å².